The van der Waals surface area contributed by atoms with Crippen LogP contribution in [0.25, 0.3) is 22.2 Å². The Hall–Kier alpha value is -2.51. The lowest BCUT2D eigenvalue weighted by Crippen LogP contribution is -2.06. The van der Waals surface area contributed by atoms with E-state index in [1.807, 2.05) is 0 Å². The molecule has 0 aliphatic heterocycles. The minimum Gasteiger partial charge on any atom is -0.495 e. The lowest BCUT2D eigenvalue weighted by Gasteiger charge is -2.14. The van der Waals surface area contributed by atoms with Gasteiger partial charge in [-0.15, -0.1) is 0 Å². The van der Waals surface area contributed by atoms with Crippen LogP contribution in [-0.4, -0.2) is 24.2 Å². The summed E-state index contributed by atoms with van der Waals surface area (Å²) >= 11 is 12.7. The number of ether oxygens (including phenoxy) is 2. The number of hydrogen-bond donors (Lipinski definition) is 1. The highest BCUT2D eigenvalue weighted by atomic mass is 35.5. The monoisotopic (exact) mass is 367 g/mol. The second kappa shape index (κ2) is 6.18. The lowest BCUT2D eigenvalue weighted by molar-refractivity contribution is 0.395. The zero-order valence-electron chi connectivity index (χ0n) is 12.6. The summed E-state index contributed by atoms with van der Waals surface area (Å²) in [6.45, 7) is 0. The fraction of sp³-hybridized carbons (Fsp3) is 0.133. The third kappa shape index (κ3) is 2.61. The molecule has 0 fully saturated rings. The predicted molar refractivity (Wildman–Crippen MR) is 91.0 cm³/mol. The van der Waals surface area contributed by atoms with Crippen LogP contribution in [0.15, 0.2) is 27.5 Å². The molecule has 0 aliphatic carbocycles. The van der Waals surface area contributed by atoms with Gasteiger partial charge in [-0.3, -0.25) is 0 Å². The van der Waals surface area contributed by atoms with E-state index in [0.717, 1.165) is 0 Å². The molecule has 0 radical (unpaired) electrons. The summed E-state index contributed by atoms with van der Waals surface area (Å²) in [6.07, 6.45) is 1.43. The molecule has 9 heteroatoms. The zero-order valence-corrected chi connectivity index (χ0v) is 14.1. The van der Waals surface area contributed by atoms with Crippen LogP contribution >= 0.6 is 23.2 Å². The number of nitrogens with zero attached hydrogens (tertiary/aromatic N) is 2. The first-order valence-corrected chi connectivity index (χ1v) is 7.38. The maximum absolute atomic E-state index is 12.4. The number of nitrogens with two attached hydrogens (primary N) is 1. The molecule has 2 heterocycles. The van der Waals surface area contributed by atoms with Crippen molar-refractivity contribution in [3.63, 3.8) is 0 Å². The number of fused-ring (bicyclic) bond motifs is 1. The van der Waals surface area contributed by atoms with Gasteiger partial charge in [-0.05, 0) is 6.07 Å². The number of nitrogen functional groups attached to an aromatic ring is 1. The number of methoxy groups -OCH3 is 2. The van der Waals surface area contributed by atoms with Gasteiger partial charge in [0.25, 0.3) is 0 Å². The van der Waals surface area contributed by atoms with E-state index >= 15 is 0 Å². The van der Waals surface area contributed by atoms with Gasteiger partial charge in [0.2, 0.25) is 11.7 Å². The molecule has 7 nitrogen and oxygen atoms in total. The third-order valence-electron chi connectivity index (χ3n) is 3.35. The average molecular weight is 368 g/mol. The summed E-state index contributed by atoms with van der Waals surface area (Å²) in [7, 11) is 2.88. The van der Waals surface area contributed by atoms with Gasteiger partial charge in [0.15, 0.2) is 0 Å². The van der Waals surface area contributed by atoms with E-state index in [4.69, 9.17) is 42.8 Å². The molecule has 2 N–H and O–H groups in total. The van der Waals surface area contributed by atoms with Crippen molar-refractivity contribution in [3.05, 3.63) is 38.8 Å². The average Bonchev–Trinajstić information content (AvgIpc) is 2.55. The van der Waals surface area contributed by atoms with Gasteiger partial charge in [0, 0.05) is 17.8 Å². The molecule has 0 unspecified atom stereocenters. The van der Waals surface area contributed by atoms with Gasteiger partial charge in [-0.1, -0.05) is 23.2 Å². The highest BCUT2D eigenvalue weighted by molar-refractivity contribution is 6.41. The number of halogens is 2. The summed E-state index contributed by atoms with van der Waals surface area (Å²) < 4.78 is 15.6. The van der Waals surface area contributed by atoms with E-state index in [1.165, 1.54) is 32.5 Å². The van der Waals surface area contributed by atoms with Gasteiger partial charge >= 0.3 is 5.63 Å². The van der Waals surface area contributed by atoms with E-state index in [0.29, 0.717) is 16.9 Å². The first-order chi connectivity index (χ1) is 11.5. The van der Waals surface area contributed by atoms with Crippen LogP contribution in [0.2, 0.25) is 10.0 Å². The number of rotatable bonds is 3. The molecule has 0 saturated heterocycles. The Morgan fingerprint density at radius 3 is 2.33 bits per heavy atom. The fourth-order valence-electron chi connectivity index (χ4n) is 2.22. The number of hydrogen-bond acceptors (Lipinski definition) is 7. The van der Waals surface area contributed by atoms with Crippen molar-refractivity contribution in [3.8, 4) is 22.6 Å². The Labute approximate surface area is 145 Å². The molecule has 24 heavy (non-hydrogen) atoms. The Morgan fingerprint density at radius 1 is 1.12 bits per heavy atom. The summed E-state index contributed by atoms with van der Waals surface area (Å²) in [5, 5.41) is 0.783. The highest BCUT2D eigenvalue weighted by Crippen LogP contribution is 2.45. The third-order valence-corrected chi connectivity index (χ3v) is 4.10. The summed E-state index contributed by atoms with van der Waals surface area (Å²) in [5.41, 5.74) is 5.24. The van der Waals surface area contributed by atoms with Gasteiger partial charge < -0.3 is 19.6 Å². The molecule has 0 saturated carbocycles. The lowest BCUT2D eigenvalue weighted by atomic mass is 10.1. The summed E-state index contributed by atoms with van der Waals surface area (Å²) in [6, 6.07) is 3.05. The SMILES string of the molecule is COc1cc(OC)c(Cl)c(-c2cc3cnc(N)nc3oc2=O)c1Cl. The van der Waals surface area contributed by atoms with E-state index in [-0.39, 0.29) is 32.8 Å². The van der Waals surface area contributed by atoms with Crippen molar-refractivity contribution in [2.75, 3.05) is 20.0 Å². The standard InChI is InChI=1S/C15H11Cl2N3O4/c1-22-8-4-9(23-2)12(17)10(11(8)16)7-3-6-5-19-15(18)20-13(6)24-14(7)21/h3-5H,1-2H3,(H2,18,19,20). The van der Waals surface area contributed by atoms with E-state index in [2.05, 4.69) is 9.97 Å². The summed E-state index contributed by atoms with van der Waals surface area (Å²) in [5.74, 6) is 0.611. The van der Waals surface area contributed by atoms with Crippen LogP contribution < -0.4 is 20.8 Å². The predicted octanol–water partition coefficient (Wildman–Crippen LogP) is 3.16. The summed E-state index contributed by atoms with van der Waals surface area (Å²) in [4.78, 5) is 20.1. The quantitative estimate of drug-likeness (QED) is 0.758. The number of benzene rings is 1. The minimum atomic E-state index is -0.681. The molecular weight excluding hydrogens is 357 g/mol. The molecule has 0 aliphatic rings. The van der Waals surface area contributed by atoms with Crippen LogP contribution in [0.4, 0.5) is 5.95 Å². The molecular formula is C15H11Cl2N3O4. The van der Waals surface area contributed by atoms with Crippen LogP contribution in [-0.2, 0) is 0 Å². The second-order valence-electron chi connectivity index (χ2n) is 4.72. The zero-order chi connectivity index (χ0) is 17.4. The molecule has 0 amide bonds. The highest BCUT2D eigenvalue weighted by Gasteiger charge is 2.22. The second-order valence-corrected chi connectivity index (χ2v) is 5.48. The van der Waals surface area contributed by atoms with Crippen LogP contribution in [0.5, 0.6) is 11.5 Å². The molecule has 2 aromatic heterocycles. The first-order valence-electron chi connectivity index (χ1n) is 6.63. The largest absolute Gasteiger partial charge is 0.495 e. The van der Waals surface area contributed by atoms with Crippen molar-refractivity contribution in [2.24, 2.45) is 0 Å². The molecule has 0 spiro atoms. The van der Waals surface area contributed by atoms with Gasteiger partial charge in [-0.2, -0.15) is 4.98 Å². The van der Waals surface area contributed by atoms with Crippen molar-refractivity contribution < 1.29 is 13.9 Å². The van der Waals surface area contributed by atoms with Crippen molar-refractivity contribution in [2.45, 2.75) is 0 Å². The molecule has 0 atom stereocenters. The molecule has 1 aromatic carbocycles. The number of anilines is 1. The molecule has 3 rings (SSSR count). The van der Waals surface area contributed by atoms with Crippen LogP contribution in [0.1, 0.15) is 0 Å². The maximum atomic E-state index is 12.4. The van der Waals surface area contributed by atoms with Gasteiger partial charge in [-0.25, -0.2) is 9.78 Å². The van der Waals surface area contributed by atoms with E-state index in [1.54, 1.807) is 0 Å². The van der Waals surface area contributed by atoms with E-state index < -0.39 is 5.63 Å². The smallest absolute Gasteiger partial charge is 0.345 e. The van der Waals surface area contributed by atoms with Crippen LogP contribution in [0, 0.1) is 0 Å². The van der Waals surface area contributed by atoms with Gasteiger partial charge in [0.1, 0.15) is 11.5 Å². The Balaban J connectivity index is 2.37. The van der Waals surface area contributed by atoms with Crippen LogP contribution in [0.3, 0.4) is 0 Å². The molecule has 0 bridgehead atoms. The topological polar surface area (TPSA) is 100 Å². The minimum absolute atomic E-state index is 0.00230. The fourth-order valence-corrected chi connectivity index (χ4v) is 2.93. The maximum Gasteiger partial charge on any atom is 0.345 e. The first kappa shape index (κ1) is 16.4. The van der Waals surface area contributed by atoms with E-state index in [9.17, 15) is 4.79 Å². The van der Waals surface area contributed by atoms with Gasteiger partial charge in [0.05, 0.1) is 35.2 Å². The normalized spacial score (nSPS) is 10.8. The molecule has 124 valence electrons. The Kier molecular flexibility index (Phi) is 4.21. The van der Waals surface area contributed by atoms with Crippen molar-refractivity contribution >= 4 is 40.2 Å². The van der Waals surface area contributed by atoms with Crippen molar-refractivity contribution in [1.29, 1.82) is 0 Å². The molecule has 3 aromatic rings. The number of aromatic nitrogens is 2. The van der Waals surface area contributed by atoms with Crippen molar-refractivity contribution in [1.82, 2.24) is 9.97 Å². The Bertz CT molecular complexity index is 976. The Morgan fingerprint density at radius 2 is 1.75 bits per heavy atom.